The number of benzene rings is 2. The normalized spacial score (nSPS) is 11.2. The average molecular weight is 445 g/mol. The Morgan fingerprint density at radius 1 is 0.968 bits per heavy atom. The highest BCUT2D eigenvalue weighted by molar-refractivity contribution is 7.88. The van der Waals surface area contributed by atoms with Crippen LogP contribution in [0.25, 0.3) is 0 Å². The number of carbonyl (C=O) groups excluding carboxylic acids is 1. The van der Waals surface area contributed by atoms with Crippen molar-refractivity contribution in [3.63, 3.8) is 0 Å². The van der Waals surface area contributed by atoms with E-state index in [0.29, 0.717) is 22.8 Å². The number of rotatable bonds is 10. The number of hydrogen-bond donors (Lipinski definition) is 2. The molecule has 0 radical (unpaired) electrons. The van der Waals surface area contributed by atoms with Crippen LogP contribution in [0, 0.1) is 0 Å². The highest BCUT2D eigenvalue weighted by Crippen LogP contribution is 2.26. The second kappa shape index (κ2) is 10.1. The van der Waals surface area contributed by atoms with Crippen molar-refractivity contribution < 1.29 is 27.1 Å². The van der Waals surface area contributed by atoms with Gasteiger partial charge in [0.1, 0.15) is 12.4 Å². The first-order valence-electron chi connectivity index (χ1n) is 9.52. The standard InChI is InChI=1S/C22H24N2O6S/c1-23-31(26,27)15-17-9-7-16(8-10-17)13-24-22(25)21-12-11-18(30-21)14-29-20-6-4-3-5-19(20)28-2/h3-12,23H,13-15H2,1-2H3,(H,24,25). The third-order valence-corrected chi connectivity index (χ3v) is 5.80. The zero-order valence-electron chi connectivity index (χ0n) is 17.3. The second-order valence-electron chi connectivity index (χ2n) is 6.67. The molecule has 164 valence electrons. The van der Waals surface area contributed by atoms with Gasteiger partial charge in [-0.25, -0.2) is 13.1 Å². The predicted octanol–water partition coefficient (Wildman–Crippen LogP) is 2.85. The third kappa shape index (κ3) is 6.34. The van der Waals surface area contributed by atoms with Crippen LogP contribution < -0.4 is 19.5 Å². The van der Waals surface area contributed by atoms with Crippen LogP contribution in [0.15, 0.2) is 65.1 Å². The fourth-order valence-corrected chi connectivity index (χ4v) is 3.55. The Hall–Kier alpha value is -3.30. The van der Waals surface area contributed by atoms with Crippen molar-refractivity contribution in [2.45, 2.75) is 18.9 Å². The van der Waals surface area contributed by atoms with Crippen LogP contribution in [0.4, 0.5) is 0 Å². The summed E-state index contributed by atoms with van der Waals surface area (Å²) in [6.45, 7) is 0.441. The number of amides is 1. The first kappa shape index (κ1) is 22.4. The van der Waals surface area contributed by atoms with Gasteiger partial charge in [-0.3, -0.25) is 4.79 Å². The molecule has 1 aromatic heterocycles. The summed E-state index contributed by atoms with van der Waals surface area (Å²) in [6.07, 6.45) is 0. The monoisotopic (exact) mass is 444 g/mol. The number of ether oxygens (including phenoxy) is 2. The van der Waals surface area contributed by atoms with Crippen molar-refractivity contribution in [1.29, 1.82) is 0 Å². The molecule has 9 heteroatoms. The highest BCUT2D eigenvalue weighted by atomic mass is 32.2. The lowest BCUT2D eigenvalue weighted by molar-refractivity contribution is 0.0919. The Morgan fingerprint density at radius 3 is 2.32 bits per heavy atom. The van der Waals surface area contributed by atoms with Gasteiger partial charge in [-0.2, -0.15) is 0 Å². The summed E-state index contributed by atoms with van der Waals surface area (Å²) in [4.78, 5) is 12.3. The predicted molar refractivity (Wildman–Crippen MR) is 115 cm³/mol. The van der Waals surface area contributed by atoms with Crippen LogP contribution in [0.1, 0.15) is 27.4 Å². The van der Waals surface area contributed by atoms with Crippen LogP contribution in [0.3, 0.4) is 0 Å². The largest absolute Gasteiger partial charge is 0.493 e. The first-order valence-corrected chi connectivity index (χ1v) is 11.2. The van der Waals surface area contributed by atoms with E-state index in [1.54, 1.807) is 55.6 Å². The number of hydrogen-bond acceptors (Lipinski definition) is 6. The Labute approximate surface area is 181 Å². The van der Waals surface area contributed by atoms with Gasteiger partial charge < -0.3 is 19.2 Å². The minimum absolute atomic E-state index is 0.0950. The maximum absolute atomic E-state index is 12.3. The summed E-state index contributed by atoms with van der Waals surface area (Å²) in [6, 6.07) is 17.5. The van der Waals surface area contributed by atoms with Crippen molar-refractivity contribution in [2.75, 3.05) is 14.2 Å². The minimum Gasteiger partial charge on any atom is -0.493 e. The molecule has 3 rings (SSSR count). The molecule has 0 aliphatic rings. The average Bonchev–Trinajstić information content (AvgIpc) is 3.26. The van der Waals surface area contributed by atoms with E-state index in [1.807, 2.05) is 12.1 Å². The molecular weight excluding hydrogens is 420 g/mol. The van der Waals surface area contributed by atoms with E-state index in [9.17, 15) is 13.2 Å². The second-order valence-corrected chi connectivity index (χ2v) is 8.59. The smallest absolute Gasteiger partial charge is 0.287 e. The maximum Gasteiger partial charge on any atom is 0.287 e. The van der Waals surface area contributed by atoms with Crippen LogP contribution in [-0.4, -0.2) is 28.5 Å². The van der Waals surface area contributed by atoms with E-state index < -0.39 is 10.0 Å². The molecule has 31 heavy (non-hydrogen) atoms. The summed E-state index contributed by atoms with van der Waals surface area (Å²) in [5.41, 5.74) is 1.50. The Morgan fingerprint density at radius 2 is 1.65 bits per heavy atom. The highest BCUT2D eigenvalue weighted by Gasteiger charge is 2.13. The third-order valence-electron chi connectivity index (χ3n) is 4.47. The molecule has 2 N–H and O–H groups in total. The van der Waals surface area contributed by atoms with E-state index in [-0.39, 0.29) is 30.6 Å². The SMILES string of the molecule is CNS(=O)(=O)Cc1ccc(CNC(=O)c2ccc(COc3ccccc3OC)o2)cc1. The summed E-state index contributed by atoms with van der Waals surface area (Å²) in [7, 11) is -0.377. The Balaban J connectivity index is 1.52. The molecule has 0 aliphatic heterocycles. The maximum atomic E-state index is 12.3. The van der Waals surface area contributed by atoms with Gasteiger partial charge in [0.05, 0.1) is 12.9 Å². The van der Waals surface area contributed by atoms with Gasteiger partial charge in [0.25, 0.3) is 5.91 Å². The lowest BCUT2D eigenvalue weighted by Crippen LogP contribution is -2.22. The van der Waals surface area contributed by atoms with E-state index in [1.165, 1.54) is 7.05 Å². The number of methoxy groups -OCH3 is 1. The molecule has 1 heterocycles. The summed E-state index contributed by atoms with van der Waals surface area (Å²) in [5, 5.41) is 2.78. The van der Waals surface area contributed by atoms with Crippen LogP contribution in [0.2, 0.25) is 0 Å². The molecule has 0 saturated heterocycles. The van der Waals surface area contributed by atoms with Crippen molar-refractivity contribution in [3.8, 4) is 11.5 Å². The fraction of sp³-hybridized carbons (Fsp3) is 0.227. The van der Waals surface area contributed by atoms with Gasteiger partial charge in [0.2, 0.25) is 10.0 Å². The molecule has 1 amide bonds. The zero-order valence-corrected chi connectivity index (χ0v) is 18.1. The van der Waals surface area contributed by atoms with E-state index in [4.69, 9.17) is 13.9 Å². The molecular formula is C22H24N2O6S. The molecule has 0 aliphatic carbocycles. The van der Waals surface area contributed by atoms with Crippen LogP contribution >= 0.6 is 0 Å². The summed E-state index contributed by atoms with van der Waals surface area (Å²) in [5.74, 6) is 1.43. The number of para-hydroxylation sites is 2. The molecule has 0 bridgehead atoms. The van der Waals surface area contributed by atoms with E-state index >= 15 is 0 Å². The summed E-state index contributed by atoms with van der Waals surface area (Å²) >= 11 is 0. The Bertz CT molecular complexity index is 1120. The van der Waals surface area contributed by atoms with Crippen LogP contribution in [0.5, 0.6) is 11.5 Å². The molecule has 3 aromatic rings. The minimum atomic E-state index is -3.32. The van der Waals surface area contributed by atoms with E-state index in [2.05, 4.69) is 10.0 Å². The van der Waals surface area contributed by atoms with Gasteiger partial charge >= 0.3 is 0 Å². The van der Waals surface area contributed by atoms with E-state index in [0.717, 1.165) is 5.56 Å². The molecule has 0 fully saturated rings. The van der Waals surface area contributed by atoms with Gasteiger partial charge in [-0.1, -0.05) is 36.4 Å². The lowest BCUT2D eigenvalue weighted by Gasteiger charge is -2.08. The molecule has 2 aromatic carbocycles. The molecule has 8 nitrogen and oxygen atoms in total. The lowest BCUT2D eigenvalue weighted by atomic mass is 10.1. The van der Waals surface area contributed by atoms with Crippen molar-refractivity contribution in [3.05, 3.63) is 83.3 Å². The molecule has 0 saturated carbocycles. The number of nitrogens with one attached hydrogen (secondary N) is 2. The van der Waals surface area contributed by atoms with Gasteiger partial charge in [0, 0.05) is 6.54 Å². The van der Waals surface area contributed by atoms with Crippen LogP contribution in [-0.2, 0) is 28.9 Å². The van der Waals surface area contributed by atoms with Gasteiger partial charge in [-0.15, -0.1) is 0 Å². The molecule has 0 atom stereocenters. The summed E-state index contributed by atoms with van der Waals surface area (Å²) < 4.78 is 42.0. The number of furan rings is 1. The quantitative estimate of drug-likeness (QED) is 0.498. The zero-order chi connectivity index (χ0) is 22.3. The number of carbonyl (C=O) groups is 1. The Kier molecular flexibility index (Phi) is 7.32. The van der Waals surface area contributed by atoms with Crippen molar-refractivity contribution in [2.24, 2.45) is 0 Å². The van der Waals surface area contributed by atoms with Crippen molar-refractivity contribution in [1.82, 2.24) is 10.0 Å². The van der Waals surface area contributed by atoms with Crippen molar-refractivity contribution >= 4 is 15.9 Å². The fourth-order valence-electron chi connectivity index (χ4n) is 2.78. The molecule has 0 unspecified atom stereocenters. The van der Waals surface area contributed by atoms with Gasteiger partial charge in [0.15, 0.2) is 17.3 Å². The number of sulfonamides is 1. The topological polar surface area (TPSA) is 107 Å². The first-order chi connectivity index (χ1) is 14.9. The van der Waals surface area contributed by atoms with Gasteiger partial charge in [-0.05, 0) is 42.4 Å². The molecule has 0 spiro atoms.